The van der Waals surface area contributed by atoms with Gasteiger partial charge < -0.3 is 9.80 Å². The Morgan fingerprint density at radius 2 is 1.83 bits per heavy atom. The second-order valence-corrected chi connectivity index (χ2v) is 6.88. The lowest BCUT2D eigenvalue weighted by molar-refractivity contribution is 0.311. The Morgan fingerprint density at radius 3 is 2.54 bits per heavy atom. The van der Waals surface area contributed by atoms with Gasteiger partial charge in [0.2, 0.25) is 5.95 Å². The zero-order chi connectivity index (χ0) is 16.4. The number of thiophene rings is 1. The fraction of sp³-hybridized carbons (Fsp3) is 0.278. The van der Waals surface area contributed by atoms with Gasteiger partial charge in [0.1, 0.15) is 0 Å². The Morgan fingerprint density at radius 1 is 1.04 bits per heavy atom. The first-order valence-electron chi connectivity index (χ1n) is 8.06. The van der Waals surface area contributed by atoms with E-state index in [-0.39, 0.29) is 0 Å². The van der Waals surface area contributed by atoms with Crippen LogP contribution in [-0.2, 0) is 0 Å². The van der Waals surface area contributed by atoms with Crippen LogP contribution in [0.5, 0.6) is 0 Å². The van der Waals surface area contributed by atoms with Crippen LogP contribution in [0.4, 0.5) is 5.95 Å². The Labute approximate surface area is 145 Å². The maximum absolute atomic E-state index is 4.93. The van der Waals surface area contributed by atoms with Gasteiger partial charge in [-0.1, -0.05) is 6.07 Å². The third-order valence-corrected chi connectivity index (χ3v) is 5.18. The van der Waals surface area contributed by atoms with Crippen LogP contribution in [0, 0.1) is 0 Å². The van der Waals surface area contributed by atoms with E-state index >= 15 is 0 Å². The summed E-state index contributed by atoms with van der Waals surface area (Å²) in [5, 5.41) is 2.09. The van der Waals surface area contributed by atoms with Gasteiger partial charge in [0.25, 0.3) is 0 Å². The van der Waals surface area contributed by atoms with Crippen molar-refractivity contribution in [1.82, 2.24) is 19.9 Å². The number of anilines is 1. The number of likely N-dealkylation sites (N-methyl/N-ethyl adjacent to an activating group) is 1. The van der Waals surface area contributed by atoms with Crippen LogP contribution in [0.25, 0.3) is 21.7 Å². The fourth-order valence-electron chi connectivity index (χ4n) is 2.88. The molecule has 0 amide bonds. The highest BCUT2D eigenvalue weighted by Gasteiger charge is 2.19. The Balaban J connectivity index is 1.76. The molecule has 4 rings (SSSR count). The molecule has 3 aromatic heterocycles. The highest BCUT2D eigenvalue weighted by molar-refractivity contribution is 7.13. The van der Waals surface area contributed by atoms with Gasteiger partial charge >= 0.3 is 0 Å². The molecule has 3 aromatic rings. The first-order chi connectivity index (χ1) is 11.8. The van der Waals surface area contributed by atoms with Crippen molar-refractivity contribution < 1.29 is 0 Å². The van der Waals surface area contributed by atoms with Gasteiger partial charge in [-0.05, 0) is 36.2 Å². The highest BCUT2D eigenvalue weighted by Crippen LogP contribution is 2.33. The molecule has 0 unspecified atom stereocenters. The van der Waals surface area contributed by atoms with Crippen molar-refractivity contribution >= 4 is 17.3 Å². The largest absolute Gasteiger partial charge is 0.338 e. The van der Waals surface area contributed by atoms with E-state index in [9.17, 15) is 0 Å². The van der Waals surface area contributed by atoms with Gasteiger partial charge in [0, 0.05) is 50.3 Å². The van der Waals surface area contributed by atoms with Gasteiger partial charge in [-0.2, -0.15) is 0 Å². The summed E-state index contributed by atoms with van der Waals surface area (Å²) >= 11 is 1.71. The summed E-state index contributed by atoms with van der Waals surface area (Å²) in [6.45, 7) is 4.03. The fourth-order valence-corrected chi connectivity index (χ4v) is 3.60. The third-order valence-electron chi connectivity index (χ3n) is 4.31. The zero-order valence-electron chi connectivity index (χ0n) is 13.6. The number of aromatic nitrogens is 3. The molecule has 122 valence electrons. The van der Waals surface area contributed by atoms with Crippen LogP contribution in [-0.4, -0.2) is 53.1 Å². The molecule has 1 aliphatic heterocycles. The quantitative estimate of drug-likeness (QED) is 0.735. The average Bonchev–Trinajstić information content (AvgIpc) is 3.17. The summed E-state index contributed by atoms with van der Waals surface area (Å²) in [5.41, 5.74) is 3.15. The first-order valence-corrected chi connectivity index (χ1v) is 8.94. The normalized spacial score (nSPS) is 15.6. The molecule has 5 nitrogen and oxygen atoms in total. The summed E-state index contributed by atoms with van der Waals surface area (Å²) in [5.74, 6) is 0.823. The van der Waals surface area contributed by atoms with E-state index in [0.29, 0.717) is 0 Å². The Kier molecular flexibility index (Phi) is 4.23. The van der Waals surface area contributed by atoms with E-state index in [2.05, 4.69) is 44.3 Å². The lowest BCUT2D eigenvalue weighted by atomic mass is 10.1. The second kappa shape index (κ2) is 6.67. The summed E-state index contributed by atoms with van der Waals surface area (Å²) < 4.78 is 0. The molecule has 4 heterocycles. The van der Waals surface area contributed by atoms with Gasteiger partial charge in [-0.15, -0.1) is 11.3 Å². The van der Waals surface area contributed by atoms with E-state index in [0.717, 1.165) is 48.9 Å². The molecule has 0 bridgehead atoms. The summed E-state index contributed by atoms with van der Waals surface area (Å²) in [4.78, 5) is 19.5. The van der Waals surface area contributed by atoms with Gasteiger partial charge in [0.15, 0.2) is 0 Å². The molecule has 0 spiro atoms. The molecular formula is C18H19N5S. The molecule has 0 atom stereocenters. The predicted octanol–water partition coefficient (Wildman–Crippen LogP) is 3.02. The molecule has 0 N–H and O–H groups in total. The average molecular weight is 337 g/mol. The molecule has 24 heavy (non-hydrogen) atoms. The molecule has 1 fully saturated rings. The molecule has 0 radical (unpaired) electrons. The maximum Gasteiger partial charge on any atom is 0.226 e. The predicted molar refractivity (Wildman–Crippen MR) is 98.3 cm³/mol. The van der Waals surface area contributed by atoms with Crippen molar-refractivity contribution in [3.05, 3.63) is 48.2 Å². The van der Waals surface area contributed by atoms with Crippen molar-refractivity contribution in [3.8, 4) is 21.7 Å². The lowest BCUT2D eigenvalue weighted by Gasteiger charge is -2.32. The molecule has 0 aromatic carbocycles. The summed E-state index contributed by atoms with van der Waals surface area (Å²) in [6, 6.07) is 8.19. The second-order valence-electron chi connectivity index (χ2n) is 5.94. The van der Waals surface area contributed by atoms with Crippen molar-refractivity contribution in [2.24, 2.45) is 0 Å². The minimum Gasteiger partial charge on any atom is -0.338 e. The first kappa shape index (κ1) is 15.2. The van der Waals surface area contributed by atoms with E-state index in [1.165, 1.54) is 4.88 Å². The summed E-state index contributed by atoms with van der Waals surface area (Å²) in [7, 11) is 2.15. The van der Waals surface area contributed by atoms with Gasteiger partial charge in [0.05, 0.1) is 10.6 Å². The van der Waals surface area contributed by atoms with Gasteiger partial charge in [-0.3, -0.25) is 4.98 Å². The van der Waals surface area contributed by atoms with Crippen LogP contribution >= 0.6 is 11.3 Å². The molecule has 1 saturated heterocycles. The van der Waals surface area contributed by atoms with Crippen LogP contribution in [0.3, 0.4) is 0 Å². The van der Waals surface area contributed by atoms with E-state index in [1.54, 1.807) is 11.3 Å². The smallest absolute Gasteiger partial charge is 0.226 e. The lowest BCUT2D eigenvalue weighted by Crippen LogP contribution is -2.45. The van der Waals surface area contributed by atoms with Crippen molar-refractivity contribution in [1.29, 1.82) is 0 Å². The number of rotatable bonds is 3. The SMILES string of the molecule is CN1CCN(c2ncc(-c3ccncc3)c(-c3cccs3)n2)CC1. The molecule has 1 aliphatic rings. The number of nitrogens with zero attached hydrogens (tertiary/aromatic N) is 5. The number of pyridine rings is 1. The van der Waals surface area contributed by atoms with Crippen LogP contribution in [0.2, 0.25) is 0 Å². The minimum absolute atomic E-state index is 0.823. The minimum atomic E-state index is 0.823. The molecule has 0 saturated carbocycles. The van der Waals surface area contributed by atoms with E-state index in [1.807, 2.05) is 30.7 Å². The highest BCUT2D eigenvalue weighted by atomic mass is 32.1. The van der Waals surface area contributed by atoms with Crippen molar-refractivity contribution in [2.45, 2.75) is 0 Å². The maximum atomic E-state index is 4.93. The van der Waals surface area contributed by atoms with Crippen LogP contribution < -0.4 is 4.90 Å². The Bertz CT molecular complexity index is 796. The van der Waals surface area contributed by atoms with E-state index < -0.39 is 0 Å². The van der Waals surface area contributed by atoms with Crippen molar-refractivity contribution in [3.63, 3.8) is 0 Å². The monoisotopic (exact) mass is 337 g/mol. The zero-order valence-corrected chi connectivity index (χ0v) is 14.4. The number of piperazine rings is 1. The van der Waals surface area contributed by atoms with E-state index in [4.69, 9.17) is 4.98 Å². The van der Waals surface area contributed by atoms with Crippen molar-refractivity contribution in [2.75, 3.05) is 38.1 Å². The van der Waals surface area contributed by atoms with Crippen LogP contribution in [0.1, 0.15) is 0 Å². The standard InChI is InChI=1S/C18H19N5S/c1-22-8-10-23(11-9-22)18-20-13-15(14-4-6-19-7-5-14)17(21-18)16-3-2-12-24-16/h2-7,12-13H,8-11H2,1H3. The van der Waals surface area contributed by atoms with Gasteiger partial charge in [-0.25, -0.2) is 9.97 Å². The Hall–Kier alpha value is -2.31. The molecule has 6 heteroatoms. The number of hydrogen-bond donors (Lipinski definition) is 0. The number of hydrogen-bond acceptors (Lipinski definition) is 6. The third kappa shape index (κ3) is 3.02. The van der Waals surface area contributed by atoms with Crippen LogP contribution in [0.15, 0.2) is 48.2 Å². The molecular weight excluding hydrogens is 318 g/mol. The molecule has 0 aliphatic carbocycles. The summed E-state index contributed by atoms with van der Waals surface area (Å²) in [6.07, 6.45) is 5.56. The topological polar surface area (TPSA) is 45.2 Å².